The average molecular weight is 204 g/mol. The van der Waals surface area contributed by atoms with E-state index in [9.17, 15) is 0 Å². The van der Waals surface area contributed by atoms with Gasteiger partial charge in [-0.25, -0.2) is 0 Å². The van der Waals surface area contributed by atoms with E-state index in [4.69, 9.17) is 0 Å². The van der Waals surface area contributed by atoms with Crippen LogP contribution in [0, 0.1) is 0 Å². The summed E-state index contributed by atoms with van der Waals surface area (Å²) in [5, 5.41) is 0. The summed E-state index contributed by atoms with van der Waals surface area (Å²) in [4.78, 5) is 0. The first-order valence-electron chi connectivity index (χ1n) is 6.62. The van der Waals surface area contributed by atoms with Crippen molar-refractivity contribution in [2.24, 2.45) is 0 Å². The van der Waals surface area contributed by atoms with Gasteiger partial charge in [-0.1, -0.05) is 28.7 Å². The normalized spacial score (nSPS) is 23.2. The smallest absolute Gasteiger partial charge is 0.0280 e. The molecule has 0 aromatic heterocycles. The molecule has 0 amide bonds. The van der Waals surface area contributed by atoms with Gasteiger partial charge < -0.3 is 0 Å². The molecule has 2 saturated carbocycles. The Morgan fingerprint density at radius 3 is 1.73 bits per heavy atom. The van der Waals surface area contributed by atoms with Crippen LogP contribution in [0.2, 0.25) is 0 Å². The van der Waals surface area contributed by atoms with Gasteiger partial charge in [0.2, 0.25) is 0 Å². The second-order valence-electron chi connectivity index (χ2n) is 5.37. The van der Waals surface area contributed by atoms with Crippen LogP contribution in [-0.4, -0.2) is 0 Å². The molecule has 0 saturated heterocycles. The Morgan fingerprint density at radius 1 is 0.667 bits per heavy atom. The van der Waals surface area contributed by atoms with Crippen LogP contribution in [0.15, 0.2) is 22.3 Å². The zero-order valence-electron chi connectivity index (χ0n) is 10.4. The van der Waals surface area contributed by atoms with E-state index in [1.165, 1.54) is 57.8 Å². The predicted molar refractivity (Wildman–Crippen MR) is 67.0 cm³/mol. The van der Waals surface area contributed by atoms with Crippen molar-refractivity contribution in [1.82, 2.24) is 0 Å². The van der Waals surface area contributed by atoms with Gasteiger partial charge in [0.15, 0.2) is 0 Å². The SMILES string of the molecule is CC(C)=C1CCC(=C2CCCCC2)CC1. The molecule has 0 heterocycles. The summed E-state index contributed by atoms with van der Waals surface area (Å²) in [7, 11) is 0. The lowest BCUT2D eigenvalue weighted by Gasteiger charge is -2.24. The minimum absolute atomic E-state index is 1.35. The van der Waals surface area contributed by atoms with E-state index in [0.29, 0.717) is 0 Å². The van der Waals surface area contributed by atoms with Crippen molar-refractivity contribution < 1.29 is 0 Å². The van der Waals surface area contributed by atoms with Crippen LogP contribution in [0.1, 0.15) is 71.6 Å². The highest BCUT2D eigenvalue weighted by Crippen LogP contribution is 2.36. The summed E-state index contributed by atoms with van der Waals surface area (Å²) < 4.78 is 0. The summed E-state index contributed by atoms with van der Waals surface area (Å²) in [6.07, 6.45) is 12.6. The van der Waals surface area contributed by atoms with Gasteiger partial charge in [-0.15, -0.1) is 0 Å². The van der Waals surface area contributed by atoms with Crippen LogP contribution in [0.4, 0.5) is 0 Å². The first kappa shape index (κ1) is 11.0. The summed E-state index contributed by atoms with van der Waals surface area (Å²) >= 11 is 0. The van der Waals surface area contributed by atoms with Crippen molar-refractivity contribution in [1.29, 1.82) is 0 Å². The fourth-order valence-corrected chi connectivity index (χ4v) is 3.04. The zero-order chi connectivity index (χ0) is 10.7. The molecule has 0 bridgehead atoms. The lowest BCUT2D eigenvalue weighted by molar-refractivity contribution is 0.576. The van der Waals surface area contributed by atoms with E-state index in [2.05, 4.69) is 13.8 Å². The molecule has 0 spiro atoms. The highest BCUT2D eigenvalue weighted by molar-refractivity contribution is 5.24. The Labute approximate surface area is 94.5 Å². The molecule has 2 fully saturated rings. The molecule has 2 aliphatic rings. The van der Waals surface area contributed by atoms with E-state index in [-0.39, 0.29) is 0 Å². The number of allylic oxidation sites excluding steroid dienone is 4. The molecule has 0 heteroatoms. The molecule has 0 nitrogen and oxygen atoms in total. The fraction of sp³-hybridized carbons (Fsp3) is 0.733. The van der Waals surface area contributed by atoms with Crippen LogP contribution in [0.3, 0.4) is 0 Å². The van der Waals surface area contributed by atoms with Crippen LogP contribution >= 0.6 is 0 Å². The third kappa shape index (κ3) is 2.74. The molecule has 0 aromatic rings. The number of hydrogen-bond donors (Lipinski definition) is 0. The average Bonchev–Trinajstić information content (AvgIpc) is 2.30. The highest BCUT2D eigenvalue weighted by atomic mass is 14.2. The van der Waals surface area contributed by atoms with Crippen LogP contribution in [0.25, 0.3) is 0 Å². The molecule has 84 valence electrons. The van der Waals surface area contributed by atoms with Crippen LogP contribution in [0.5, 0.6) is 0 Å². The topological polar surface area (TPSA) is 0 Å². The number of hydrogen-bond acceptors (Lipinski definition) is 0. The first-order chi connectivity index (χ1) is 7.27. The van der Waals surface area contributed by atoms with Crippen molar-refractivity contribution in [3.05, 3.63) is 22.3 Å². The maximum Gasteiger partial charge on any atom is -0.0280 e. The molecule has 0 aromatic carbocycles. The zero-order valence-corrected chi connectivity index (χ0v) is 10.4. The van der Waals surface area contributed by atoms with Gasteiger partial charge in [-0.05, 0) is 65.2 Å². The monoisotopic (exact) mass is 204 g/mol. The predicted octanol–water partition coefficient (Wildman–Crippen LogP) is 5.16. The first-order valence-corrected chi connectivity index (χ1v) is 6.62. The van der Waals surface area contributed by atoms with E-state index < -0.39 is 0 Å². The Hall–Kier alpha value is -0.520. The lowest BCUT2D eigenvalue weighted by Crippen LogP contribution is -2.05. The molecule has 15 heavy (non-hydrogen) atoms. The van der Waals surface area contributed by atoms with Crippen molar-refractivity contribution >= 4 is 0 Å². The summed E-state index contributed by atoms with van der Waals surface area (Å²) in [6, 6.07) is 0. The van der Waals surface area contributed by atoms with E-state index in [1.54, 1.807) is 11.1 Å². The standard InChI is InChI=1S/C15H24/c1-12(2)13-8-10-15(11-9-13)14-6-4-3-5-7-14/h3-11H2,1-2H3. The van der Waals surface area contributed by atoms with Gasteiger partial charge in [-0.3, -0.25) is 0 Å². The van der Waals surface area contributed by atoms with Gasteiger partial charge in [0.05, 0.1) is 0 Å². The van der Waals surface area contributed by atoms with Crippen LogP contribution in [-0.2, 0) is 0 Å². The van der Waals surface area contributed by atoms with Gasteiger partial charge in [0, 0.05) is 0 Å². The minimum Gasteiger partial charge on any atom is -0.0772 e. The van der Waals surface area contributed by atoms with E-state index in [0.717, 1.165) is 0 Å². The summed E-state index contributed by atoms with van der Waals surface area (Å²) in [5.41, 5.74) is 6.98. The second-order valence-corrected chi connectivity index (χ2v) is 5.37. The highest BCUT2D eigenvalue weighted by Gasteiger charge is 2.16. The maximum atomic E-state index is 2.27. The fourth-order valence-electron chi connectivity index (χ4n) is 3.04. The maximum absolute atomic E-state index is 2.27. The molecular formula is C15H24. The van der Waals surface area contributed by atoms with Crippen molar-refractivity contribution in [3.63, 3.8) is 0 Å². The van der Waals surface area contributed by atoms with Gasteiger partial charge >= 0.3 is 0 Å². The van der Waals surface area contributed by atoms with Crippen molar-refractivity contribution in [2.75, 3.05) is 0 Å². The molecule has 2 rings (SSSR count). The van der Waals surface area contributed by atoms with Crippen molar-refractivity contribution in [3.8, 4) is 0 Å². The summed E-state index contributed by atoms with van der Waals surface area (Å²) in [5.74, 6) is 0. The molecule has 0 aliphatic heterocycles. The molecular weight excluding hydrogens is 180 g/mol. The van der Waals surface area contributed by atoms with Crippen LogP contribution < -0.4 is 0 Å². The molecule has 0 radical (unpaired) electrons. The molecule has 0 atom stereocenters. The van der Waals surface area contributed by atoms with Crippen molar-refractivity contribution in [2.45, 2.75) is 71.6 Å². The largest absolute Gasteiger partial charge is 0.0772 e. The third-order valence-corrected chi connectivity index (χ3v) is 4.12. The minimum atomic E-state index is 1.35. The molecule has 0 N–H and O–H groups in total. The Bertz CT molecular complexity index is 267. The second kappa shape index (κ2) is 5.01. The van der Waals surface area contributed by atoms with E-state index in [1.807, 2.05) is 11.1 Å². The quantitative estimate of drug-likeness (QED) is 0.478. The van der Waals surface area contributed by atoms with Gasteiger partial charge in [0.1, 0.15) is 0 Å². The van der Waals surface area contributed by atoms with Gasteiger partial charge in [0.25, 0.3) is 0 Å². The Morgan fingerprint density at radius 2 is 1.20 bits per heavy atom. The van der Waals surface area contributed by atoms with E-state index >= 15 is 0 Å². The number of rotatable bonds is 0. The molecule has 0 unspecified atom stereocenters. The molecule has 2 aliphatic carbocycles. The Balaban J connectivity index is 2.00. The summed E-state index contributed by atoms with van der Waals surface area (Å²) in [6.45, 7) is 4.54. The van der Waals surface area contributed by atoms with Gasteiger partial charge in [-0.2, -0.15) is 0 Å². The lowest BCUT2D eigenvalue weighted by atomic mass is 9.82. The third-order valence-electron chi connectivity index (χ3n) is 4.12. The Kier molecular flexibility index (Phi) is 3.66.